The third-order valence-electron chi connectivity index (χ3n) is 4.51. The highest BCUT2D eigenvalue weighted by Crippen LogP contribution is 2.39. The van der Waals surface area contributed by atoms with Gasteiger partial charge in [0.2, 0.25) is 5.91 Å². The Morgan fingerprint density at radius 3 is 2.62 bits per heavy atom. The number of nitrogens with one attached hydrogen (secondary N) is 2. The molecule has 4 rings (SSSR count). The maximum atomic E-state index is 12.8. The van der Waals surface area contributed by atoms with Crippen LogP contribution in [0.1, 0.15) is 5.56 Å². The Hall–Kier alpha value is -2.78. The van der Waals surface area contributed by atoms with Gasteiger partial charge >= 0.3 is 0 Å². The number of ether oxygens (including phenoxy) is 2. The zero-order valence-corrected chi connectivity index (χ0v) is 17.7. The lowest BCUT2D eigenvalue weighted by molar-refractivity contribution is -0.116. The van der Waals surface area contributed by atoms with Crippen LogP contribution in [-0.4, -0.2) is 40.1 Å². The molecule has 0 radical (unpaired) electrons. The molecule has 0 aliphatic carbocycles. The minimum atomic E-state index is -0.206. The quantitative estimate of drug-likeness (QED) is 0.471. The van der Waals surface area contributed by atoms with Crippen LogP contribution in [0, 0.1) is 11.7 Å². The smallest absolute Gasteiger partial charge is 0.244 e. The van der Waals surface area contributed by atoms with E-state index in [2.05, 4.69) is 15.5 Å². The summed E-state index contributed by atoms with van der Waals surface area (Å²) in [4.78, 5) is 13.7. The van der Waals surface area contributed by atoms with Gasteiger partial charge < -0.3 is 14.8 Å². The second-order valence-electron chi connectivity index (χ2n) is 6.55. The van der Waals surface area contributed by atoms with Crippen LogP contribution in [0.2, 0.25) is 0 Å². The number of rotatable bonds is 5. The number of carbonyl (C=O) groups is 1. The second kappa shape index (κ2) is 8.30. The van der Waals surface area contributed by atoms with Crippen molar-refractivity contribution >= 4 is 35.6 Å². The summed E-state index contributed by atoms with van der Waals surface area (Å²) in [6, 6.07) is 11.6. The number of nitrogens with zero attached hydrogens (tertiary/aromatic N) is 2. The number of aryl methyl sites for hydroxylation is 1. The first-order valence-corrected chi connectivity index (χ1v) is 10.7. The Balaban J connectivity index is 1.58. The number of carbonyl (C=O) groups excluding carboxylic acids is 1. The van der Waals surface area contributed by atoms with Crippen LogP contribution in [0.5, 0.6) is 11.5 Å². The maximum Gasteiger partial charge on any atom is 0.244 e. The largest absolute Gasteiger partial charge is 0.486 e. The molecule has 1 aromatic heterocycles. The monoisotopic (exact) mass is 428 g/mol. The SMILES string of the molecule is CSc1cc2c(cc1NC(=O)Cn1c(-c3ccc(C)cc3)n[nH]c1=S)OCCO2. The van der Waals surface area contributed by atoms with Gasteiger partial charge in [-0.05, 0) is 31.5 Å². The number of fused-ring (bicyclic) bond motifs is 1. The molecule has 0 spiro atoms. The van der Waals surface area contributed by atoms with Gasteiger partial charge in [0.05, 0.1) is 5.69 Å². The van der Waals surface area contributed by atoms with Crippen molar-refractivity contribution in [3.05, 3.63) is 46.7 Å². The predicted octanol–water partition coefficient (Wildman–Crippen LogP) is 4.05. The molecular formula is C20H20N4O3S2. The van der Waals surface area contributed by atoms with E-state index in [0.29, 0.717) is 41.0 Å². The summed E-state index contributed by atoms with van der Waals surface area (Å²) in [5, 5.41) is 10.0. The molecule has 29 heavy (non-hydrogen) atoms. The van der Waals surface area contributed by atoms with E-state index >= 15 is 0 Å². The molecule has 2 heterocycles. The minimum absolute atomic E-state index is 0.0425. The van der Waals surface area contributed by atoms with E-state index in [-0.39, 0.29) is 12.5 Å². The maximum absolute atomic E-state index is 12.8. The topological polar surface area (TPSA) is 81.2 Å². The van der Waals surface area contributed by atoms with Crippen LogP contribution in [0.25, 0.3) is 11.4 Å². The zero-order chi connectivity index (χ0) is 20.4. The van der Waals surface area contributed by atoms with E-state index in [9.17, 15) is 4.79 Å². The van der Waals surface area contributed by atoms with E-state index < -0.39 is 0 Å². The number of thioether (sulfide) groups is 1. The zero-order valence-electron chi connectivity index (χ0n) is 16.0. The summed E-state index contributed by atoms with van der Waals surface area (Å²) in [5.41, 5.74) is 2.72. The molecule has 1 aliphatic heterocycles. The fourth-order valence-electron chi connectivity index (χ4n) is 3.06. The fourth-order valence-corrected chi connectivity index (χ4v) is 3.81. The Labute approximate surface area is 177 Å². The molecule has 2 N–H and O–H groups in total. The first-order chi connectivity index (χ1) is 14.0. The van der Waals surface area contributed by atoms with Crippen LogP contribution in [0.3, 0.4) is 0 Å². The van der Waals surface area contributed by atoms with Gasteiger partial charge in [-0.15, -0.1) is 11.8 Å². The standard InChI is InChI=1S/C20H20N4O3S2/c1-12-3-5-13(6-4-12)19-22-23-20(28)24(19)11-18(25)21-14-9-15-16(10-17(14)29-2)27-8-7-26-15/h3-6,9-10H,7-8,11H2,1-2H3,(H,21,25)(H,23,28). The van der Waals surface area contributed by atoms with Crippen molar-refractivity contribution in [2.24, 2.45) is 0 Å². The second-order valence-corrected chi connectivity index (χ2v) is 7.78. The van der Waals surface area contributed by atoms with Gasteiger partial charge in [0.1, 0.15) is 19.8 Å². The number of hydrogen-bond acceptors (Lipinski definition) is 6. The number of aromatic nitrogens is 3. The average molecular weight is 429 g/mol. The highest BCUT2D eigenvalue weighted by molar-refractivity contribution is 7.98. The first-order valence-electron chi connectivity index (χ1n) is 9.05. The number of hydrogen-bond donors (Lipinski definition) is 2. The van der Waals surface area contributed by atoms with Gasteiger partial charge in [-0.3, -0.25) is 14.5 Å². The molecular weight excluding hydrogens is 408 g/mol. The Bertz CT molecular complexity index is 1110. The lowest BCUT2D eigenvalue weighted by atomic mass is 10.1. The number of aromatic amines is 1. The van der Waals surface area contributed by atoms with Crippen molar-refractivity contribution in [3.8, 4) is 22.9 Å². The van der Waals surface area contributed by atoms with Gasteiger partial charge in [0.15, 0.2) is 22.1 Å². The van der Waals surface area contributed by atoms with Crippen molar-refractivity contribution in [1.29, 1.82) is 0 Å². The molecule has 150 valence electrons. The third kappa shape index (κ3) is 4.15. The summed E-state index contributed by atoms with van der Waals surface area (Å²) in [7, 11) is 0. The summed E-state index contributed by atoms with van der Waals surface area (Å²) < 4.78 is 13.3. The van der Waals surface area contributed by atoms with Crippen molar-refractivity contribution in [2.75, 3.05) is 24.8 Å². The van der Waals surface area contributed by atoms with E-state index in [0.717, 1.165) is 16.0 Å². The van der Waals surface area contributed by atoms with Gasteiger partial charge in [-0.2, -0.15) is 5.10 Å². The van der Waals surface area contributed by atoms with Crippen LogP contribution < -0.4 is 14.8 Å². The van der Waals surface area contributed by atoms with E-state index in [4.69, 9.17) is 21.7 Å². The van der Waals surface area contributed by atoms with Crippen LogP contribution >= 0.6 is 24.0 Å². The van der Waals surface area contributed by atoms with Gasteiger partial charge in [-0.25, -0.2) is 0 Å². The molecule has 0 fully saturated rings. The molecule has 1 amide bonds. The van der Waals surface area contributed by atoms with Crippen molar-refractivity contribution < 1.29 is 14.3 Å². The number of benzene rings is 2. The number of amides is 1. The van der Waals surface area contributed by atoms with Crippen molar-refractivity contribution in [2.45, 2.75) is 18.4 Å². The normalized spacial score (nSPS) is 12.6. The summed E-state index contributed by atoms with van der Waals surface area (Å²) >= 11 is 6.86. The molecule has 0 saturated carbocycles. The lowest BCUT2D eigenvalue weighted by Crippen LogP contribution is -2.21. The van der Waals surface area contributed by atoms with Crippen molar-refractivity contribution in [1.82, 2.24) is 14.8 Å². The van der Waals surface area contributed by atoms with Crippen LogP contribution in [0.4, 0.5) is 5.69 Å². The number of anilines is 1. The molecule has 7 nitrogen and oxygen atoms in total. The van der Waals surface area contributed by atoms with Crippen LogP contribution in [-0.2, 0) is 11.3 Å². The lowest BCUT2D eigenvalue weighted by Gasteiger charge is -2.21. The Kier molecular flexibility index (Phi) is 5.59. The van der Waals surface area contributed by atoms with Gasteiger partial charge in [0, 0.05) is 16.5 Å². The summed E-state index contributed by atoms with van der Waals surface area (Å²) in [5.74, 6) is 1.74. The first kappa shape index (κ1) is 19.5. The summed E-state index contributed by atoms with van der Waals surface area (Å²) in [6.07, 6.45) is 1.95. The Morgan fingerprint density at radius 2 is 1.93 bits per heavy atom. The van der Waals surface area contributed by atoms with Crippen molar-refractivity contribution in [3.63, 3.8) is 0 Å². The molecule has 0 unspecified atom stereocenters. The third-order valence-corrected chi connectivity index (χ3v) is 5.60. The predicted molar refractivity (Wildman–Crippen MR) is 115 cm³/mol. The van der Waals surface area contributed by atoms with E-state index in [1.807, 2.05) is 43.5 Å². The number of H-pyrrole nitrogens is 1. The van der Waals surface area contributed by atoms with Gasteiger partial charge in [0.25, 0.3) is 0 Å². The average Bonchev–Trinajstić information content (AvgIpc) is 3.08. The van der Waals surface area contributed by atoms with Gasteiger partial charge in [-0.1, -0.05) is 29.8 Å². The summed E-state index contributed by atoms with van der Waals surface area (Å²) in [6.45, 7) is 3.07. The Morgan fingerprint density at radius 1 is 1.24 bits per heavy atom. The van der Waals surface area contributed by atoms with E-state index in [1.54, 1.807) is 10.6 Å². The molecule has 2 aromatic carbocycles. The highest BCUT2D eigenvalue weighted by Gasteiger charge is 2.18. The van der Waals surface area contributed by atoms with Crippen LogP contribution in [0.15, 0.2) is 41.3 Å². The molecule has 3 aromatic rings. The minimum Gasteiger partial charge on any atom is -0.486 e. The van der Waals surface area contributed by atoms with E-state index in [1.165, 1.54) is 11.8 Å². The molecule has 0 saturated heterocycles. The molecule has 0 bridgehead atoms. The fraction of sp³-hybridized carbons (Fsp3) is 0.250. The molecule has 9 heteroatoms. The highest BCUT2D eigenvalue weighted by atomic mass is 32.2. The molecule has 1 aliphatic rings. The molecule has 0 atom stereocenters.